The number of rotatable bonds is 14. The molecule has 2 atom stereocenters. The van der Waals surface area contributed by atoms with E-state index in [9.17, 15) is 37.3 Å². The lowest BCUT2D eigenvalue weighted by molar-refractivity contribution is -0.161. The zero-order valence-electron chi connectivity index (χ0n) is 23.4. The van der Waals surface area contributed by atoms with Crippen LogP contribution < -0.4 is 27.6 Å². The van der Waals surface area contributed by atoms with E-state index in [0.29, 0.717) is 23.7 Å². The minimum absolute atomic E-state index is 0.0322. The van der Waals surface area contributed by atoms with Crippen LogP contribution in [-0.2, 0) is 36.1 Å². The van der Waals surface area contributed by atoms with E-state index in [1.807, 2.05) is 0 Å². The number of nitrogens with two attached hydrogens (primary N) is 2. The number of hydrogen-bond donors (Lipinski definition) is 7. The molecule has 23 heteroatoms. The van der Waals surface area contributed by atoms with Crippen molar-refractivity contribution in [2.75, 3.05) is 18.8 Å². The van der Waals surface area contributed by atoms with Gasteiger partial charge in [0.25, 0.3) is 17.7 Å². The average Bonchev–Trinajstić information content (AvgIpc) is 3.73. The molecule has 0 spiro atoms. The van der Waals surface area contributed by atoms with Crippen LogP contribution in [0.5, 0.6) is 0 Å². The van der Waals surface area contributed by atoms with Crippen molar-refractivity contribution in [3.63, 3.8) is 0 Å². The number of hydrogen-bond acceptors (Lipinski definition) is 16. The Morgan fingerprint density at radius 3 is 2.62 bits per heavy atom. The standard InChI is InChI=1S/C22H27N11O9S3/c1-22(2,20(37)38)42-31-14(11-9-43-21(23)29-11)17(35)30-15-12(33(19(15)36)45(39,40)41)6-25-16(34)13-7-26-18(44-13)10-5-28-32(8-10)4-3-27-24/h5,7-9,12,15,27H,3-4,6,24H2,1-2H3,(H2,23,29)(H,25,34)(H,30,35)(H,37,38)(H,39,40,41)/b31-14-. The molecule has 0 saturated carbocycles. The van der Waals surface area contributed by atoms with Crippen molar-refractivity contribution in [3.05, 3.63) is 34.5 Å². The predicted molar refractivity (Wildman–Crippen MR) is 158 cm³/mol. The fourth-order valence-electron chi connectivity index (χ4n) is 3.74. The molecular weight excluding hydrogens is 659 g/mol. The number of carboxylic acids is 1. The summed E-state index contributed by atoms with van der Waals surface area (Å²) >= 11 is 1.95. The predicted octanol–water partition coefficient (Wildman–Crippen LogP) is -1.98. The van der Waals surface area contributed by atoms with Gasteiger partial charge in [-0.3, -0.25) is 34.9 Å². The summed E-state index contributed by atoms with van der Waals surface area (Å²) < 4.78 is 35.2. The number of β-lactam (4-membered cyclic amide) rings is 1. The molecule has 0 aromatic carbocycles. The number of amides is 3. The molecule has 20 nitrogen and oxygen atoms in total. The zero-order chi connectivity index (χ0) is 33.1. The molecule has 0 bridgehead atoms. The number of nitrogens with zero attached hydrogens (tertiary/aromatic N) is 6. The molecule has 4 rings (SSSR count). The van der Waals surface area contributed by atoms with Crippen LogP contribution in [0.25, 0.3) is 10.6 Å². The second kappa shape index (κ2) is 13.2. The van der Waals surface area contributed by atoms with E-state index in [1.165, 1.54) is 25.4 Å². The van der Waals surface area contributed by atoms with Crippen LogP contribution in [0.2, 0.25) is 0 Å². The first-order chi connectivity index (χ1) is 21.1. The van der Waals surface area contributed by atoms with Gasteiger partial charge in [0, 0.05) is 30.2 Å². The van der Waals surface area contributed by atoms with Crippen molar-refractivity contribution in [2.45, 2.75) is 38.1 Å². The Balaban J connectivity index is 1.49. The van der Waals surface area contributed by atoms with Crippen LogP contribution in [0.3, 0.4) is 0 Å². The van der Waals surface area contributed by atoms with Crippen molar-refractivity contribution >= 4 is 67.5 Å². The third-order valence-electron chi connectivity index (χ3n) is 6.13. The number of anilines is 1. The molecule has 3 aromatic heterocycles. The quantitative estimate of drug-likeness (QED) is 0.0318. The third-order valence-corrected chi connectivity index (χ3v) is 8.80. The lowest BCUT2D eigenvalue weighted by atomic mass is 9.98. The first-order valence-electron chi connectivity index (χ1n) is 12.6. The number of carbonyl (C=O) groups excluding carboxylic acids is 3. The third kappa shape index (κ3) is 7.58. The van der Waals surface area contributed by atoms with Gasteiger partial charge in [-0.2, -0.15) is 13.5 Å². The molecule has 9 N–H and O–H groups in total. The summed E-state index contributed by atoms with van der Waals surface area (Å²) in [6, 6.07) is -3.03. The van der Waals surface area contributed by atoms with E-state index in [4.69, 9.17) is 16.4 Å². The van der Waals surface area contributed by atoms with Crippen LogP contribution in [0.15, 0.2) is 29.1 Å². The fraction of sp³-hybridized carbons (Fsp3) is 0.364. The Labute approximate surface area is 262 Å². The maximum atomic E-state index is 13.2. The Hall–Kier alpha value is -4.55. The van der Waals surface area contributed by atoms with Crippen LogP contribution in [-0.4, -0.2) is 102 Å². The number of thiazole rings is 2. The minimum atomic E-state index is -5.09. The molecule has 1 saturated heterocycles. The Morgan fingerprint density at radius 1 is 1.27 bits per heavy atom. The first kappa shape index (κ1) is 33.3. The number of hydrazine groups is 1. The lowest BCUT2D eigenvalue weighted by Gasteiger charge is -2.44. The first-order valence-corrected chi connectivity index (χ1v) is 15.7. The largest absolute Gasteiger partial charge is 0.478 e. The molecule has 1 aliphatic rings. The van der Waals surface area contributed by atoms with Gasteiger partial charge in [-0.25, -0.2) is 19.1 Å². The zero-order valence-corrected chi connectivity index (χ0v) is 25.8. The van der Waals surface area contributed by atoms with Gasteiger partial charge in [0.05, 0.1) is 25.0 Å². The number of aromatic nitrogens is 4. The summed E-state index contributed by atoms with van der Waals surface area (Å²) in [5, 5.41) is 23.7. The maximum Gasteiger partial charge on any atom is 0.362 e. The summed E-state index contributed by atoms with van der Waals surface area (Å²) in [4.78, 5) is 63.5. The lowest BCUT2D eigenvalue weighted by Crippen LogP contribution is -2.74. The number of carbonyl (C=O) groups is 4. The van der Waals surface area contributed by atoms with Crippen molar-refractivity contribution < 1.29 is 42.1 Å². The monoisotopic (exact) mass is 685 g/mol. The summed E-state index contributed by atoms with van der Waals surface area (Å²) in [5.41, 5.74) is 6.22. The molecule has 1 fully saturated rings. The van der Waals surface area contributed by atoms with Gasteiger partial charge >= 0.3 is 16.3 Å². The molecule has 0 radical (unpaired) electrons. The SMILES string of the molecule is CC(C)(O/N=C(\C(=O)NC1C(=O)N(S(=O)(=O)O)C1CNC(=O)c1cnc(-c2cnn(CCNN)c2)s1)c1csc(N)n1)C(=O)O. The molecule has 45 heavy (non-hydrogen) atoms. The normalized spacial score (nSPS) is 17.1. The van der Waals surface area contributed by atoms with Gasteiger partial charge in [-0.05, 0) is 13.8 Å². The second-order valence-corrected chi connectivity index (χ2v) is 12.9. The molecule has 2 unspecified atom stereocenters. The molecular formula is C22H27N11O9S3. The van der Waals surface area contributed by atoms with E-state index in [2.05, 4.69) is 36.3 Å². The van der Waals surface area contributed by atoms with Crippen LogP contribution >= 0.6 is 22.7 Å². The van der Waals surface area contributed by atoms with Crippen LogP contribution in [0.4, 0.5) is 5.13 Å². The summed E-state index contributed by atoms with van der Waals surface area (Å²) in [5.74, 6) is 0.868. The number of aliphatic carboxylic acids is 1. The number of nitrogens with one attached hydrogen (secondary N) is 3. The van der Waals surface area contributed by atoms with Crippen molar-refractivity contribution in [1.29, 1.82) is 0 Å². The van der Waals surface area contributed by atoms with Crippen molar-refractivity contribution in [2.24, 2.45) is 11.0 Å². The van der Waals surface area contributed by atoms with Crippen LogP contribution in [0, 0.1) is 0 Å². The van der Waals surface area contributed by atoms with Gasteiger partial charge in [0.15, 0.2) is 10.8 Å². The van der Waals surface area contributed by atoms with Crippen LogP contribution in [0.1, 0.15) is 29.2 Å². The highest BCUT2D eigenvalue weighted by atomic mass is 32.2. The van der Waals surface area contributed by atoms with E-state index >= 15 is 0 Å². The fourth-order valence-corrected chi connectivity index (χ4v) is 5.98. The summed E-state index contributed by atoms with van der Waals surface area (Å²) in [6.45, 7) is 2.79. The molecule has 0 aliphatic carbocycles. The number of oxime groups is 1. The van der Waals surface area contributed by atoms with Crippen molar-refractivity contribution in [1.82, 2.24) is 40.1 Å². The van der Waals surface area contributed by atoms with E-state index in [-0.39, 0.29) is 20.0 Å². The molecule has 3 aromatic rings. The highest BCUT2D eigenvalue weighted by molar-refractivity contribution is 7.84. The Morgan fingerprint density at radius 2 is 2.00 bits per heavy atom. The highest BCUT2D eigenvalue weighted by Gasteiger charge is 2.54. The average molecular weight is 686 g/mol. The second-order valence-electron chi connectivity index (χ2n) is 9.73. The minimum Gasteiger partial charge on any atom is -0.478 e. The van der Waals surface area contributed by atoms with Crippen molar-refractivity contribution in [3.8, 4) is 10.6 Å². The van der Waals surface area contributed by atoms with Gasteiger partial charge < -0.3 is 26.3 Å². The Kier molecular flexibility index (Phi) is 9.79. The van der Waals surface area contributed by atoms with Gasteiger partial charge in [0.2, 0.25) is 5.60 Å². The Bertz CT molecular complexity index is 1750. The molecule has 4 heterocycles. The smallest absolute Gasteiger partial charge is 0.362 e. The summed E-state index contributed by atoms with van der Waals surface area (Å²) in [7, 11) is -5.09. The van der Waals surface area contributed by atoms with E-state index < -0.39 is 63.9 Å². The van der Waals surface area contributed by atoms with E-state index in [0.717, 1.165) is 22.7 Å². The van der Waals surface area contributed by atoms with E-state index in [1.54, 1.807) is 17.1 Å². The maximum absolute atomic E-state index is 13.2. The number of nitrogen functional groups attached to an aromatic ring is 1. The van der Waals surface area contributed by atoms with Gasteiger partial charge in [-0.15, -0.1) is 22.7 Å². The highest BCUT2D eigenvalue weighted by Crippen LogP contribution is 2.26. The molecule has 3 amide bonds. The van der Waals surface area contributed by atoms with Gasteiger partial charge in [-0.1, -0.05) is 5.16 Å². The molecule has 242 valence electrons. The molecule has 1 aliphatic heterocycles. The summed E-state index contributed by atoms with van der Waals surface area (Å²) in [6.07, 6.45) is 4.56. The topological polar surface area (TPSA) is 299 Å². The number of carboxylic acid groups (broad SMARTS) is 1. The van der Waals surface area contributed by atoms with Gasteiger partial charge in [0.1, 0.15) is 21.6 Å².